The van der Waals surface area contributed by atoms with Crippen molar-refractivity contribution in [1.82, 2.24) is 4.90 Å². The van der Waals surface area contributed by atoms with Crippen LogP contribution in [0.1, 0.15) is 20.9 Å². The van der Waals surface area contributed by atoms with Crippen LogP contribution in [-0.2, 0) is 4.74 Å². The lowest BCUT2D eigenvalue weighted by molar-refractivity contribution is 0.0303. The third kappa shape index (κ3) is 3.55. The third-order valence-corrected chi connectivity index (χ3v) is 3.83. The first-order valence-electron chi connectivity index (χ1n) is 7.16. The number of nitrogens with one attached hydrogen (secondary N) is 1. The van der Waals surface area contributed by atoms with Gasteiger partial charge in [-0.05, 0) is 30.3 Å². The van der Waals surface area contributed by atoms with Crippen LogP contribution in [0.3, 0.4) is 0 Å². The van der Waals surface area contributed by atoms with Crippen molar-refractivity contribution in [2.75, 3.05) is 31.6 Å². The van der Waals surface area contributed by atoms with Gasteiger partial charge in [-0.1, -0.05) is 11.6 Å². The minimum absolute atomic E-state index is 0.113. The van der Waals surface area contributed by atoms with Crippen LogP contribution in [0.15, 0.2) is 41.0 Å². The molecule has 7 heteroatoms. The number of nitrogens with zero attached hydrogens (tertiary/aromatic N) is 1. The summed E-state index contributed by atoms with van der Waals surface area (Å²) in [4.78, 5) is 26.2. The molecular formula is C16H15ClN2O4. The van der Waals surface area contributed by atoms with Crippen molar-refractivity contribution >= 4 is 29.1 Å². The SMILES string of the molecule is O=C(Nc1cc(C(=O)N2CCOCC2)ccc1Cl)c1ccco1. The molecule has 1 aliphatic heterocycles. The molecule has 0 atom stereocenters. The summed E-state index contributed by atoms with van der Waals surface area (Å²) in [6.45, 7) is 2.16. The van der Waals surface area contributed by atoms with Crippen LogP contribution in [0.2, 0.25) is 5.02 Å². The number of carbonyl (C=O) groups is 2. The second-order valence-electron chi connectivity index (χ2n) is 5.03. The highest BCUT2D eigenvalue weighted by molar-refractivity contribution is 6.34. The Bertz CT molecular complexity index is 709. The van der Waals surface area contributed by atoms with E-state index in [-0.39, 0.29) is 11.7 Å². The fourth-order valence-electron chi connectivity index (χ4n) is 2.29. The highest BCUT2D eigenvalue weighted by atomic mass is 35.5. The minimum atomic E-state index is -0.423. The molecule has 2 heterocycles. The molecule has 120 valence electrons. The zero-order valence-electron chi connectivity index (χ0n) is 12.3. The first-order valence-corrected chi connectivity index (χ1v) is 7.54. The predicted octanol–water partition coefficient (Wildman–Crippen LogP) is 2.66. The second-order valence-corrected chi connectivity index (χ2v) is 5.44. The van der Waals surface area contributed by atoms with E-state index in [0.29, 0.717) is 42.6 Å². The van der Waals surface area contributed by atoms with Gasteiger partial charge in [-0.25, -0.2) is 0 Å². The molecule has 0 saturated carbocycles. The average molecular weight is 335 g/mol. The molecule has 3 rings (SSSR count). The number of hydrogen-bond donors (Lipinski definition) is 1. The van der Waals surface area contributed by atoms with Crippen LogP contribution in [0.4, 0.5) is 5.69 Å². The zero-order valence-corrected chi connectivity index (χ0v) is 13.0. The lowest BCUT2D eigenvalue weighted by Gasteiger charge is -2.27. The number of amides is 2. The van der Waals surface area contributed by atoms with Gasteiger partial charge in [0.25, 0.3) is 11.8 Å². The molecule has 2 amide bonds. The Kier molecular flexibility index (Phi) is 4.64. The van der Waals surface area contributed by atoms with Gasteiger partial charge in [0, 0.05) is 18.7 Å². The summed E-state index contributed by atoms with van der Waals surface area (Å²) in [6, 6.07) is 7.97. The molecule has 6 nitrogen and oxygen atoms in total. The zero-order chi connectivity index (χ0) is 16.2. The lowest BCUT2D eigenvalue weighted by Crippen LogP contribution is -2.40. The van der Waals surface area contributed by atoms with Gasteiger partial charge in [0.1, 0.15) is 0 Å². The highest BCUT2D eigenvalue weighted by Crippen LogP contribution is 2.24. The monoisotopic (exact) mass is 334 g/mol. The number of furan rings is 1. The number of halogens is 1. The quantitative estimate of drug-likeness (QED) is 0.936. The van der Waals surface area contributed by atoms with Crippen LogP contribution in [-0.4, -0.2) is 43.0 Å². The van der Waals surface area contributed by atoms with E-state index < -0.39 is 5.91 Å². The van der Waals surface area contributed by atoms with Gasteiger partial charge in [-0.3, -0.25) is 9.59 Å². The maximum atomic E-state index is 12.5. The van der Waals surface area contributed by atoms with Crippen molar-refractivity contribution in [3.05, 3.63) is 52.9 Å². The van der Waals surface area contributed by atoms with Crippen LogP contribution >= 0.6 is 11.6 Å². The van der Waals surface area contributed by atoms with Crippen molar-refractivity contribution in [2.45, 2.75) is 0 Å². The fraction of sp³-hybridized carbons (Fsp3) is 0.250. The van der Waals surface area contributed by atoms with E-state index in [0.717, 1.165) is 0 Å². The van der Waals surface area contributed by atoms with Crippen LogP contribution in [0.5, 0.6) is 0 Å². The van der Waals surface area contributed by atoms with E-state index in [1.54, 1.807) is 35.2 Å². The van der Waals surface area contributed by atoms with Crippen molar-refractivity contribution in [2.24, 2.45) is 0 Å². The Labute approximate surface area is 138 Å². The number of morpholine rings is 1. The second kappa shape index (κ2) is 6.85. The summed E-state index contributed by atoms with van der Waals surface area (Å²) in [5.41, 5.74) is 0.832. The number of anilines is 1. The van der Waals surface area contributed by atoms with Gasteiger partial charge in [-0.2, -0.15) is 0 Å². The average Bonchev–Trinajstić information content (AvgIpc) is 3.11. The Balaban J connectivity index is 1.78. The van der Waals surface area contributed by atoms with E-state index in [2.05, 4.69) is 5.32 Å². The molecule has 0 aliphatic carbocycles. The van der Waals surface area contributed by atoms with E-state index >= 15 is 0 Å². The van der Waals surface area contributed by atoms with Crippen molar-refractivity contribution in [3.8, 4) is 0 Å². The lowest BCUT2D eigenvalue weighted by atomic mass is 10.1. The van der Waals surface area contributed by atoms with Gasteiger partial charge in [-0.15, -0.1) is 0 Å². The molecule has 1 N–H and O–H groups in total. The molecule has 1 aliphatic rings. The molecule has 0 bridgehead atoms. The molecule has 1 fully saturated rings. The Morgan fingerprint density at radius 3 is 2.65 bits per heavy atom. The van der Waals surface area contributed by atoms with E-state index in [9.17, 15) is 9.59 Å². The minimum Gasteiger partial charge on any atom is -0.459 e. The standard InChI is InChI=1S/C16H15ClN2O4/c17-12-4-3-11(16(21)19-5-8-22-9-6-19)10-13(12)18-15(20)14-2-1-7-23-14/h1-4,7,10H,5-6,8-9H2,(H,18,20). The molecule has 0 unspecified atom stereocenters. The fourth-order valence-corrected chi connectivity index (χ4v) is 2.46. The van der Waals surface area contributed by atoms with E-state index in [4.69, 9.17) is 20.8 Å². The molecule has 0 spiro atoms. The number of ether oxygens (including phenoxy) is 1. The summed E-state index contributed by atoms with van der Waals surface area (Å²) in [6.07, 6.45) is 1.41. The van der Waals surface area contributed by atoms with Gasteiger partial charge in [0.15, 0.2) is 5.76 Å². The summed E-state index contributed by atoms with van der Waals surface area (Å²) in [5, 5.41) is 3.00. The smallest absolute Gasteiger partial charge is 0.291 e. The van der Waals surface area contributed by atoms with Crippen LogP contribution in [0.25, 0.3) is 0 Å². The molecule has 2 aromatic rings. The van der Waals surface area contributed by atoms with Gasteiger partial charge >= 0.3 is 0 Å². The number of benzene rings is 1. The topological polar surface area (TPSA) is 71.8 Å². The first kappa shape index (κ1) is 15.6. The highest BCUT2D eigenvalue weighted by Gasteiger charge is 2.20. The molecule has 1 aromatic carbocycles. The molecular weight excluding hydrogens is 320 g/mol. The van der Waals surface area contributed by atoms with Gasteiger partial charge in [0.2, 0.25) is 0 Å². The van der Waals surface area contributed by atoms with Gasteiger partial charge in [0.05, 0.1) is 30.2 Å². The van der Waals surface area contributed by atoms with E-state index in [1.165, 1.54) is 6.26 Å². The predicted molar refractivity (Wildman–Crippen MR) is 84.8 cm³/mol. The largest absolute Gasteiger partial charge is 0.459 e. The number of rotatable bonds is 3. The van der Waals surface area contributed by atoms with Crippen molar-refractivity contribution in [3.63, 3.8) is 0 Å². The molecule has 1 saturated heterocycles. The Hall–Kier alpha value is -2.31. The normalized spacial score (nSPS) is 14.6. The Morgan fingerprint density at radius 2 is 1.96 bits per heavy atom. The summed E-state index contributed by atoms with van der Waals surface area (Å²) >= 11 is 6.10. The van der Waals surface area contributed by atoms with Gasteiger partial charge < -0.3 is 19.4 Å². The molecule has 0 radical (unpaired) electrons. The van der Waals surface area contributed by atoms with Crippen LogP contribution in [0, 0.1) is 0 Å². The van der Waals surface area contributed by atoms with E-state index in [1.807, 2.05) is 0 Å². The molecule has 23 heavy (non-hydrogen) atoms. The summed E-state index contributed by atoms with van der Waals surface area (Å²) in [5.74, 6) is -0.364. The van der Waals surface area contributed by atoms with Crippen molar-refractivity contribution < 1.29 is 18.7 Å². The summed E-state index contributed by atoms with van der Waals surface area (Å²) < 4.78 is 10.3. The number of carbonyl (C=O) groups excluding carboxylic acids is 2. The third-order valence-electron chi connectivity index (χ3n) is 3.50. The van der Waals surface area contributed by atoms with Crippen molar-refractivity contribution in [1.29, 1.82) is 0 Å². The Morgan fingerprint density at radius 1 is 1.17 bits per heavy atom. The first-order chi connectivity index (χ1) is 11.1. The maximum absolute atomic E-state index is 12.5. The van der Waals surface area contributed by atoms with Crippen LogP contribution < -0.4 is 5.32 Å². The maximum Gasteiger partial charge on any atom is 0.291 e. The summed E-state index contributed by atoms with van der Waals surface area (Å²) in [7, 11) is 0. The number of hydrogen-bond acceptors (Lipinski definition) is 4. The molecule has 1 aromatic heterocycles.